The molecule has 1 fully saturated rings. The lowest BCUT2D eigenvalue weighted by molar-refractivity contribution is -0.154. The number of amides is 3. The van der Waals surface area contributed by atoms with Gasteiger partial charge in [-0.25, -0.2) is 13.6 Å². The van der Waals surface area contributed by atoms with Crippen LogP contribution < -0.4 is 9.80 Å². The molecule has 0 aromatic heterocycles. The molecule has 0 aliphatic carbocycles. The van der Waals surface area contributed by atoms with Crippen LogP contribution in [0.2, 0.25) is 0 Å². The van der Waals surface area contributed by atoms with Gasteiger partial charge in [-0.2, -0.15) is 0 Å². The second kappa shape index (κ2) is 11.6. The van der Waals surface area contributed by atoms with E-state index in [1.165, 1.54) is 52.3 Å². The van der Waals surface area contributed by atoms with Crippen molar-refractivity contribution in [3.8, 4) is 0 Å². The first-order chi connectivity index (χ1) is 18.6. The summed E-state index contributed by atoms with van der Waals surface area (Å²) in [6.45, 7) is 3.92. The maximum absolute atomic E-state index is 14.8. The zero-order valence-electron chi connectivity index (χ0n) is 21.9. The Bertz CT molecular complexity index is 1320. The topological polar surface area (TPSA) is 81.2 Å². The summed E-state index contributed by atoms with van der Waals surface area (Å²) in [5.41, 5.74) is -0.434. The van der Waals surface area contributed by atoms with E-state index in [-0.39, 0.29) is 50.1 Å². The fourth-order valence-electron chi connectivity index (χ4n) is 4.97. The highest BCUT2D eigenvalue weighted by Gasteiger charge is 2.46. The molecule has 1 N–H and O–H groups in total. The zero-order chi connectivity index (χ0) is 28.2. The number of nitrogens with zero attached hydrogens (tertiary/aromatic N) is 3. The molecule has 1 aliphatic rings. The third-order valence-corrected chi connectivity index (χ3v) is 7.12. The van der Waals surface area contributed by atoms with Crippen molar-refractivity contribution in [1.29, 1.82) is 0 Å². The predicted octanol–water partition coefficient (Wildman–Crippen LogP) is 6.22. The van der Waals surface area contributed by atoms with Gasteiger partial charge in [-0.1, -0.05) is 30.3 Å². The van der Waals surface area contributed by atoms with E-state index in [2.05, 4.69) is 0 Å². The van der Waals surface area contributed by atoms with Crippen LogP contribution in [0.1, 0.15) is 33.1 Å². The summed E-state index contributed by atoms with van der Waals surface area (Å²) >= 11 is 0. The Balaban J connectivity index is 1.55. The predicted molar refractivity (Wildman–Crippen MR) is 145 cm³/mol. The lowest BCUT2D eigenvalue weighted by Gasteiger charge is -2.41. The number of carboxylic acids is 1. The largest absolute Gasteiger partial charge is 0.481 e. The summed E-state index contributed by atoms with van der Waals surface area (Å²) in [5.74, 6) is -2.70. The van der Waals surface area contributed by atoms with Gasteiger partial charge in [0, 0.05) is 36.9 Å². The fraction of sp³-hybridized carbons (Fsp3) is 0.300. The molecule has 0 radical (unpaired) electrons. The molecule has 0 saturated carbocycles. The van der Waals surface area contributed by atoms with E-state index >= 15 is 0 Å². The van der Waals surface area contributed by atoms with Crippen LogP contribution >= 0.6 is 0 Å². The molecule has 1 heterocycles. The van der Waals surface area contributed by atoms with Gasteiger partial charge < -0.3 is 10.0 Å². The molecule has 39 heavy (non-hydrogen) atoms. The number of carbonyl (C=O) groups excluding carboxylic acids is 2. The summed E-state index contributed by atoms with van der Waals surface area (Å²) in [6, 6.07) is 19.4. The molecule has 7 nitrogen and oxygen atoms in total. The molecule has 3 amide bonds. The van der Waals surface area contributed by atoms with Crippen LogP contribution in [0.15, 0.2) is 78.9 Å². The number of carboxylic acid groups (broad SMARTS) is 1. The van der Waals surface area contributed by atoms with E-state index < -0.39 is 28.9 Å². The lowest BCUT2D eigenvalue weighted by Crippen LogP contribution is -2.53. The maximum Gasteiger partial charge on any atom is 0.324 e. The van der Waals surface area contributed by atoms with Gasteiger partial charge in [0.2, 0.25) is 5.91 Å². The van der Waals surface area contributed by atoms with E-state index in [9.17, 15) is 28.3 Å². The number of hydrogen-bond donors (Lipinski definition) is 1. The minimum atomic E-state index is -1.43. The number of anilines is 3. The summed E-state index contributed by atoms with van der Waals surface area (Å²) in [7, 11) is 0. The van der Waals surface area contributed by atoms with E-state index in [0.29, 0.717) is 11.4 Å². The van der Waals surface area contributed by atoms with Gasteiger partial charge in [0.25, 0.3) is 0 Å². The van der Waals surface area contributed by atoms with Crippen molar-refractivity contribution >= 4 is 35.0 Å². The van der Waals surface area contributed by atoms with Crippen molar-refractivity contribution in [1.82, 2.24) is 4.90 Å². The lowest BCUT2D eigenvalue weighted by atomic mass is 9.75. The van der Waals surface area contributed by atoms with Crippen LogP contribution in [-0.2, 0) is 9.59 Å². The number of likely N-dealkylation sites (tertiary alicyclic amines) is 1. The zero-order valence-corrected chi connectivity index (χ0v) is 21.9. The standard InChI is InChI=1S/C30H31F2N3O4/c1-21(2)34(24-14-12-22(31)13-15-24)29(39)33-18-16-30(17-19-33,28(37)38)20-27(36)35(23-8-4-3-5-9-23)26-11-7-6-10-25(26)32/h3-15,21H,16-20H2,1-2H3,(H,37,38). The van der Waals surface area contributed by atoms with Gasteiger partial charge in [0.15, 0.2) is 0 Å². The molecular formula is C30H31F2N3O4. The highest BCUT2D eigenvalue weighted by atomic mass is 19.1. The number of urea groups is 1. The second-order valence-electron chi connectivity index (χ2n) is 9.99. The molecular weight excluding hydrogens is 504 g/mol. The Kier molecular flexibility index (Phi) is 8.28. The Hall–Kier alpha value is -4.27. The number of aliphatic carboxylic acids is 1. The Labute approximate surface area is 226 Å². The van der Waals surface area contributed by atoms with E-state index in [0.717, 1.165) is 0 Å². The molecule has 0 atom stereocenters. The number of halogens is 2. The van der Waals surface area contributed by atoms with Crippen molar-refractivity contribution in [3.63, 3.8) is 0 Å². The van der Waals surface area contributed by atoms with E-state index in [1.807, 2.05) is 13.8 Å². The second-order valence-corrected chi connectivity index (χ2v) is 9.99. The number of piperidine rings is 1. The molecule has 0 bridgehead atoms. The van der Waals surface area contributed by atoms with E-state index in [4.69, 9.17) is 0 Å². The van der Waals surface area contributed by atoms with Crippen molar-refractivity contribution in [2.75, 3.05) is 22.9 Å². The van der Waals surface area contributed by atoms with Crippen LogP contribution in [0.3, 0.4) is 0 Å². The summed E-state index contributed by atoms with van der Waals surface area (Å²) in [4.78, 5) is 44.0. The highest BCUT2D eigenvalue weighted by molar-refractivity contribution is 6.02. The highest BCUT2D eigenvalue weighted by Crippen LogP contribution is 2.39. The van der Waals surface area contributed by atoms with Crippen molar-refractivity contribution < 1.29 is 28.3 Å². The summed E-state index contributed by atoms with van der Waals surface area (Å²) in [6.07, 6.45) is -0.260. The molecule has 1 aliphatic heterocycles. The third kappa shape index (κ3) is 5.92. The van der Waals surface area contributed by atoms with Gasteiger partial charge >= 0.3 is 12.0 Å². The molecule has 3 aromatic rings. The third-order valence-electron chi connectivity index (χ3n) is 7.12. The number of rotatable bonds is 7. The van der Waals surface area contributed by atoms with Crippen LogP contribution in [0.5, 0.6) is 0 Å². The molecule has 0 spiro atoms. The van der Waals surface area contributed by atoms with Gasteiger partial charge in [-0.3, -0.25) is 19.4 Å². The first-order valence-corrected chi connectivity index (χ1v) is 12.8. The van der Waals surface area contributed by atoms with Crippen LogP contribution in [-0.4, -0.2) is 47.0 Å². The molecule has 4 rings (SSSR count). The van der Waals surface area contributed by atoms with Crippen LogP contribution in [0.25, 0.3) is 0 Å². The van der Waals surface area contributed by atoms with Gasteiger partial charge in [-0.15, -0.1) is 0 Å². The summed E-state index contributed by atoms with van der Waals surface area (Å²) < 4.78 is 28.2. The normalized spacial score (nSPS) is 14.6. The Morgan fingerprint density at radius 2 is 1.46 bits per heavy atom. The Morgan fingerprint density at radius 3 is 2.03 bits per heavy atom. The summed E-state index contributed by atoms with van der Waals surface area (Å²) in [5, 5.41) is 10.2. The minimum absolute atomic E-state index is 0.0359. The first kappa shape index (κ1) is 27.8. The van der Waals surface area contributed by atoms with Crippen LogP contribution in [0, 0.1) is 17.0 Å². The number of hydrogen-bond acceptors (Lipinski definition) is 3. The van der Waals surface area contributed by atoms with Crippen molar-refractivity contribution in [3.05, 3.63) is 90.5 Å². The Morgan fingerprint density at radius 1 is 0.872 bits per heavy atom. The average Bonchev–Trinajstić information content (AvgIpc) is 2.92. The monoisotopic (exact) mass is 535 g/mol. The van der Waals surface area contributed by atoms with E-state index in [1.54, 1.807) is 41.3 Å². The molecule has 3 aromatic carbocycles. The maximum atomic E-state index is 14.8. The molecule has 0 unspecified atom stereocenters. The number of para-hydroxylation sites is 2. The average molecular weight is 536 g/mol. The fourth-order valence-corrected chi connectivity index (χ4v) is 4.97. The molecule has 204 valence electrons. The smallest absolute Gasteiger partial charge is 0.324 e. The number of carbonyl (C=O) groups is 3. The minimum Gasteiger partial charge on any atom is -0.481 e. The van der Waals surface area contributed by atoms with Gasteiger partial charge in [0.1, 0.15) is 11.6 Å². The quantitative estimate of drug-likeness (QED) is 0.389. The molecule has 9 heteroatoms. The van der Waals surface area contributed by atoms with Gasteiger partial charge in [-0.05, 0) is 75.2 Å². The van der Waals surface area contributed by atoms with Crippen molar-refractivity contribution in [2.45, 2.75) is 39.2 Å². The first-order valence-electron chi connectivity index (χ1n) is 12.8. The SMILES string of the molecule is CC(C)N(C(=O)N1CCC(CC(=O)N(c2ccccc2)c2ccccc2F)(C(=O)O)CC1)c1ccc(F)cc1. The van der Waals surface area contributed by atoms with Crippen molar-refractivity contribution in [2.24, 2.45) is 5.41 Å². The van der Waals surface area contributed by atoms with Gasteiger partial charge in [0.05, 0.1) is 11.1 Å². The molecule has 1 saturated heterocycles. The van der Waals surface area contributed by atoms with Crippen LogP contribution in [0.4, 0.5) is 30.6 Å². The number of benzene rings is 3.